The minimum atomic E-state index is -0.680. The van der Waals surface area contributed by atoms with Crippen molar-refractivity contribution in [3.05, 3.63) is 29.3 Å². The van der Waals surface area contributed by atoms with Gasteiger partial charge in [-0.25, -0.2) is 0 Å². The Labute approximate surface area is 105 Å². The van der Waals surface area contributed by atoms with Gasteiger partial charge in [-0.2, -0.15) is 0 Å². The maximum absolute atomic E-state index is 11.0. The van der Waals surface area contributed by atoms with Crippen LogP contribution in [0, 0.1) is 5.92 Å². The van der Waals surface area contributed by atoms with E-state index in [9.17, 15) is 4.79 Å². The summed E-state index contributed by atoms with van der Waals surface area (Å²) in [6.45, 7) is 0.592. The van der Waals surface area contributed by atoms with Gasteiger partial charge >= 0.3 is 5.97 Å². The molecule has 1 aromatic rings. The van der Waals surface area contributed by atoms with Crippen molar-refractivity contribution in [1.82, 2.24) is 5.32 Å². The molecule has 90 valence electrons. The van der Waals surface area contributed by atoms with Gasteiger partial charge in [-0.15, -0.1) is 11.8 Å². The number of nitrogens with one attached hydrogen (secondary N) is 1. The molecule has 0 bridgehead atoms. The fourth-order valence-corrected chi connectivity index (χ4v) is 3.93. The predicted octanol–water partition coefficient (Wildman–Crippen LogP) is 2.07. The van der Waals surface area contributed by atoms with E-state index in [1.165, 1.54) is 16.0 Å². The lowest BCUT2D eigenvalue weighted by molar-refractivity contribution is -0.141. The van der Waals surface area contributed by atoms with Crippen molar-refractivity contribution in [2.45, 2.75) is 23.8 Å². The largest absolute Gasteiger partial charge is 0.481 e. The van der Waals surface area contributed by atoms with Crippen LogP contribution in [0.1, 0.15) is 23.6 Å². The fourth-order valence-electron chi connectivity index (χ4n) is 2.68. The molecule has 1 fully saturated rings. The molecule has 0 aromatic heterocycles. The van der Waals surface area contributed by atoms with Crippen molar-refractivity contribution in [3.63, 3.8) is 0 Å². The van der Waals surface area contributed by atoms with Gasteiger partial charge in [0.1, 0.15) is 0 Å². The van der Waals surface area contributed by atoms with E-state index in [1.54, 1.807) is 0 Å². The Morgan fingerprint density at radius 1 is 1.47 bits per heavy atom. The highest BCUT2D eigenvalue weighted by molar-refractivity contribution is 7.99. The van der Waals surface area contributed by atoms with Crippen molar-refractivity contribution < 1.29 is 9.90 Å². The number of hydrogen-bond acceptors (Lipinski definition) is 3. The normalized spacial score (nSPS) is 27.1. The van der Waals surface area contributed by atoms with Gasteiger partial charge in [0.2, 0.25) is 0 Å². The van der Waals surface area contributed by atoms with E-state index < -0.39 is 5.97 Å². The Balaban J connectivity index is 1.86. The molecular formula is C13H15NO2S. The van der Waals surface area contributed by atoms with Crippen molar-refractivity contribution >= 4 is 17.7 Å². The van der Waals surface area contributed by atoms with Crippen LogP contribution in [0.4, 0.5) is 0 Å². The van der Waals surface area contributed by atoms with Crippen LogP contribution in [0.2, 0.25) is 0 Å². The second kappa shape index (κ2) is 4.35. The van der Waals surface area contributed by atoms with Crippen LogP contribution in [0.15, 0.2) is 23.1 Å². The number of benzene rings is 1. The molecule has 2 unspecified atom stereocenters. The molecule has 1 saturated heterocycles. The predicted molar refractivity (Wildman–Crippen MR) is 67.4 cm³/mol. The third kappa shape index (κ3) is 1.96. The molecule has 3 nitrogen and oxygen atoms in total. The Hall–Kier alpha value is -1.00. The average molecular weight is 249 g/mol. The Kier molecular flexibility index (Phi) is 2.84. The van der Waals surface area contributed by atoms with Crippen LogP contribution in [-0.4, -0.2) is 23.4 Å². The summed E-state index contributed by atoms with van der Waals surface area (Å²) >= 11 is 1.90. The van der Waals surface area contributed by atoms with Gasteiger partial charge in [0, 0.05) is 23.2 Å². The van der Waals surface area contributed by atoms with E-state index in [0.29, 0.717) is 13.0 Å². The van der Waals surface area contributed by atoms with Gasteiger partial charge in [0.05, 0.1) is 5.92 Å². The summed E-state index contributed by atoms with van der Waals surface area (Å²) < 4.78 is 0. The molecule has 2 atom stereocenters. The third-order valence-corrected chi connectivity index (χ3v) is 4.80. The molecule has 0 amide bonds. The first-order valence-electron chi connectivity index (χ1n) is 5.96. The van der Waals surface area contributed by atoms with Crippen molar-refractivity contribution in [2.24, 2.45) is 5.92 Å². The highest BCUT2D eigenvalue weighted by Crippen LogP contribution is 2.39. The second-order valence-corrected chi connectivity index (χ2v) is 5.77. The highest BCUT2D eigenvalue weighted by atomic mass is 32.2. The van der Waals surface area contributed by atoms with Crippen LogP contribution in [0.25, 0.3) is 0 Å². The Bertz CT molecular complexity index is 461. The summed E-state index contributed by atoms with van der Waals surface area (Å²) in [4.78, 5) is 12.4. The van der Waals surface area contributed by atoms with Crippen molar-refractivity contribution in [1.29, 1.82) is 0 Å². The number of fused-ring (bicyclic) bond motifs is 1. The summed E-state index contributed by atoms with van der Waals surface area (Å²) in [5, 5.41) is 12.4. The molecular weight excluding hydrogens is 234 g/mol. The maximum atomic E-state index is 11.0. The van der Waals surface area contributed by atoms with Gasteiger partial charge in [-0.05, 0) is 24.0 Å². The summed E-state index contributed by atoms with van der Waals surface area (Å²) in [6, 6.07) is 6.63. The molecule has 3 rings (SSSR count). The average Bonchev–Trinajstić information content (AvgIpc) is 2.97. The molecule has 2 heterocycles. The van der Waals surface area contributed by atoms with E-state index in [0.717, 1.165) is 12.2 Å². The lowest BCUT2D eigenvalue weighted by Crippen LogP contribution is -2.17. The molecule has 0 radical (unpaired) electrons. The van der Waals surface area contributed by atoms with Gasteiger partial charge in [0.15, 0.2) is 0 Å². The summed E-state index contributed by atoms with van der Waals surface area (Å²) in [5.74, 6) is 0.240. The standard InChI is InChI=1S/C13H15NO2S/c15-13(16)9-6-11(14-7-9)10-3-1-2-8-4-5-17-12(8)10/h1-3,9,11,14H,4-7H2,(H,15,16). The van der Waals surface area contributed by atoms with Gasteiger partial charge in [0.25, 0.3) is 0 Å². The van der Waals surface area contributed by atoms with E-state index in [-0.39, 0.29) is 12.0 Å². The number of hydrogen-bond donors (Lipinski definition) is 2. The zero-order valence-electron chi connectivity index (χ0n) is 9.48. The van der Waals surface area contributed by atoms with Gasteiger partial charge < -0.3 is 10.4 Å². The smallest absolute Gasteiger partial charge is 0.307 e. The Morgan fingerprint density at radius 2 is 2.35 bits per heavy atom. The maximum Gasteiger partial charge on any atom is 0.307 e. The molecule has 1 aromatic carbocycles. The number of aliphatic carboxylic acids is 1. The molecule has 2 aliphatic heterocycles. The van der Waals surface area contributed by atoms with Gasteiger partial charge in [-0.1, -0.05) is 18.2 Å². The minimum absolute atomic E-state index is 0.219. The molecule has 17 heavy (non-hydrogen) atoms. The first kappa shape index (κ1) is 11.1. The monoisotopic (exact) mass is 249 g/mol. The number of carbonyl (C=O) groups is 1. The summed E-state index contributed by atoms with van der Waals surface area (Å²) in [7, 11) is 0. The number of aryl methyl sites for hydroxylation is 1. The molecule has 4 heteroatoms. The number of carboxylic acid groups (broad SMARTS) is 1. The quantitative estimate of drug-likeness (QED) is 0.842. The zero-order chi connectivity index (χ0) is 11.8. The van der Waals surface area contributed by atoms with E-state index >= 15 is 0 Å². The molecule has 0 spiro atoms. The number of rotatable bonds is 2. The lowest BCUT2D eigenvalue weighted by Gasteiger charge is -2.14. The fraction of sp³-hybridized carbons (Fsp3) is 0.462. The van der Waals surface area contributed by atoms with Crippen molar-refractivity contribution in [2.75, 3.05) is 12.3 Å². The van der Waals surface area contributed by atoms with Crippen LogP contribution in [-0.2, 0) is 11.2 Å². The Morgan fingerprint density at radius 3 is 3.12 bits per heavy atom. The van der Waals surface area contributed by atoms with Crippen LogP contribution < -0.4 is 5.32 Å². The van der Waals surface area contributed by atoms with Gasteiger partial charge in [-0.3, -0.25) is 4.79 Å². The summed E-state index contributed by atoms with van der Waals surface area (Å²) in [6.07, 6.45) is 1.86. The number of carboxylic acids is 1. The van der Waals surface area contributed by atoms with E-state index in [1.807, 2.05) is 11.8 Å². The molecule has 2 aliphatic rings. The molecule has 2 N–H and O–H groups in total. The first-order chi connectivity index (χ1) is 8.25. The minimum Gasteiger partial charge on any atom is -0.481 e. The van der Waals surface area contributed by atoms with Crippen LogP contribution in [0.5, 0.6) is 0 Å². The number of thioether (sulfide) groups is 1. The highest BCUT2D eigenvalue weighted by Gasteiger charge is 2.32. The van der Waals surface area contributed by atoms with E-state index in [4.69, 9.17) is 5.11 Å². The summed E-state index contributed by atoms with van der Waals surface area (Å²) in [5.41, 5.74) is 2.72. The SMILES string of the molecule is O=C(O)C1CNC(c2cccc3c2SCC3)C1. The van der Waals surface area contributed by atoms with E-state index in [2.05, 4.69) is 23.5 Å². The molecule has 0 aliphatic carbocycles. The second-order valence-electron chi connectivity index (χ2n) is 4.67. The van der Waals surface area contributed by atoms with Crippen molar-refractivity contribution in [3.8, 4) is 0 Å². The molecule has 0 saturated carbocycles. The van der Waals surface area contributed by atoms with Crippen LogP contribution in [0.3, 0.4) is 0 Å². The lowest BCUT2D eigenvalue weighted by atomic mass is 9.98. The first-order valence-corrected chi connectivity index (χ1v) is 6.95. The van der Waals surface area contributed by atoms with Crippen LogP contribution >= 0.6 is 11.8 Å². The third-order valence-electron chi connectivity index (χ3n) is 3.60. The topological polar surface area (TPSA) is 49.3 Å². The zero-order valence-corrected chi connectivity index (χ0v) is 10.3.